The van der Waals surface area contributed by atoms with Crippen molar-refractivity contribution in [2.24, 2.45) is 0 Å². The minimum absolute atomic E-state index is 0.122. The van der Waals surface area contributed by atoms with E-state index < -0.39 is 0 Å². The van der Waals surface area contributed by atoms with Crippen LogP contribution in [0.15, 0.2) is 12.4 Å². The summed E-state index contributed by atoms with van der Waals surface area (Å²) in [6.45, 7) is 8.96. The maximum atomic E-state index is 5.12. The zero-order chi connectivity index (χ0) is 14.1. The Bertz CT molecular complexity index is 429. The van der Waals surface area contributed by atoms with Gasteiger partial charge in [-0.3, -0.25) is 0 Å². The molecule has 1 saturated heterocycles. The van der Waals surface area contributed by atoms with Crippen LogP contribution in [0.4, 0.5) is 5.82 Å². The number of anilines is 1. The van der Waals surface area contributed by atoms with Crippen molar-refractivity contribution in [3.63, 3.8) is 0 Å². The van der Waals surface area contributed by atoms with Crippen molar-refractivity contribution in [2.45, 2.75) is 57.7 Å². The molecule has 0 saturated carbocycles. The average molecular weight is 264 g/mol. The molecular formula is C14H24N4O. The molecule has 2 heterocycles. The predicted molar refractivity (Wildman–Crippen MR) is 76.5 cm³/mol. The van der Waals surface area contributed by atoms with Crippen LogP contribution in [-0.4, -0.2) is 34.2 Å². The number of hydrogen-bond acceptors (Lipinski definition) is 5. The van der Waals surface area contributed by atoms with Gasteiger partial charge in [0.15, 0.2) is 0 Å². The fourth-order valence-corrected chi connectivity index (χ4v) is 3.16. The summed E-state index contributed by atoms with van der Waals surface area (Å²) in [5, 5.41) is 7.17. The van der Waals surface area contributed by atoms with Crippen LogP contribution >= 0.6 is 0 Å². The molecule has 0 amide bonds. The van der Waals surface area contributed by atoms with Crippen molar-refractivity contribution < 1.29 is 4.74 Å². The topological polar surface area (TPSA) is 59.1 Å². The number of nitrogens with zero attached hydrogens (tertiary/aromatic N) is 2. The van der Waals surface area contributed by atoms with Crippen LogP contribution in [-0.2, 0) is 0 Å². The Morgan fingerprint density at radius 3 is 2.42 bits per heavy atom. The van der Waals surface area contributed by atoms with Crippen molar-refractivity contribution in [3.8, 4) is 5.88 Å². The molecule has 1 aliphatic rings. The highest BCUT2D eigenvalue weighted by atomic mass is 16.5. The van der Waals surface area contributed by atoms with Gasteiger partial charge in [-0.25, -0.2) is 9.97 Å². The highest BCUT2D eigenvalue weighted by Crippen LogP contribution is 2.30. The first kappa shape index (κ1) is 14.1. The Morgan fingerprint density at radius 2 is 1.84 bits per heavy atom. The van der Waals surface area contributed by atoms with Crippen LogP contribution in [0.2, 0.25) is 0 Å². The lowest BCUT2D eigenvalue weighted by Crippen LogP contribution is -2.60. The SMILES string of the molecule is COc1cc(NC2CC(C)(C)NC(C)(C)C2)ncn1. The molecule has 1 fully saturated rings. The summed E-state index contributed by atoms with van der Waals surface area (Å²) in [7, 11) is 1.61. The lowest BCUT2D eigenvalue weighted by atomic mass is 9.79. The Morgan fingerprint density at radius 1 is 1.21 bits per heavy atom. The van der Waals surface area contributed by atoms with Crippen molar-refractivity contribution in [1.29, 1.82) is 0 Å². The number of nitrogens with one attached hydrogen (secondary N) is 2. The average Bonchev–Trinajstić information content (AvgIpc) is 2.24. The van der Waals surface area contributed by atoms with Gasteiger partial charge in [0.05, 0.1) is 7.11 Å². The number of ether oxygens (including phenoxy) is 1. The summed E-state index contributed by atoms with van der Waals surface area (Å²) in [5.41, 5.74) is 0.243. The number of piperidine rings is 1. The van der Waals surface area contributed by atoms with Gasteiger partial charge in [-0.15, -0.1) is 0 Å². The van der Waals surface area contributed by atoms with Crippen LogP contribution in [0.3, 0.4) is 0 Å². The molecule has 19 heavy (non-hydrogen) atoms. The normalized spacial score (nSPS) is 21.9. The van der Waals surface area contributed by atoms with Gasteiger partial charge in [-0.1, -0.05) is 0 Å². The minimum atomic E-state index is 0.122. The first-order valence-corrected chi connectivity index (χ1v) is 6.72. The smallest absolute Gasteiger partial charge is 0.218 e. The molecule has 0 bridgehead atoms. The molecule has 0 radical (unpaired) electrons. The van der Waals surface area contributed by atoms with E-state index in [0.717, 1.165) is 18.7 Å². The van der Waals surface area contributed by atoms with Gasteiger partial charge in [-0.05, 0) is 40.5 Å². The monoisotopic (exact) mass is 264 g/mol. The lowest BCUT2D eigenvalue weighted by molar-refractivity contribution is 0.170. The fourth-order valence-electron chi connectivity index (χ4n) is 3.16. The van der Waals surface area contributed by atoms with Gasteiger partial charge >= 0.3 is 0 Å². The second-order valence-electron chi connectivity index (χ2n) is 6.59. The van der Waals surface area contributed by atoms with Crippen molar-refractivity contribution in [2.75, 3.05) is 12.4 Å². The van der Waals surface area contributed by atoms with Gasteiger partial charge in [0.1, 0.15) is 12.1 Å². The second kappa shape index (κ2) is 4.96. The maximum Gasteiger partial charge on any atom is 0.218 e. The second-order valence-corrected chi connectivity index (χ2v) is 6.59. The molecule has 2 N–H and O–H groups in total. The zero-order valence-corrected chi connectivity index (χ0v) is 12.4. The van der Waals surface area contributed by atoms with Crippen LogP contribution in [0.1, 0.15) is 40.5 Å². The standard InChI is InChI=1S/C14H24N4O/c1-13(2)7-10(8-14(3,4)18-13)17-11-6-12(19-5)16-9-15-11/h6,9-10,18H,7-8H2,1-5H3,(H,15,16,17). The fraction of sp³-hybridized carbons (Fsp3) is 0.714. The number of aromatic nitrogens is 2. The van der Waals surface area contributed by atoms with E-state index in [-0.39, 0.29) is 11.1 Å². The summed E-state index contributed by atoms with van der Waals surface area (Å²) in [6.07, 6.45) is 3.64. The van der Waals surface area contributed by atoms with Gasteiger partial charge in [0.2, 0.25) is 5.88 Å². The van der Waals surface area contributed by atoms with Gasteiger partial charge in [-0.2, -0.15) is 0 Å². The minimum Gasteiger partial charge on any atom is -0.481 e. The molecule has 1 aromatic heterocycles. The molecule has 1 aromatic rings. The molecule has 0 unspecified atom stereocenters. The van der Waals surface area contributed by atoms with Crippen LogP contribution < -0.4 is 15.4 Å². The third-order valence-electron chi connectivity index (χ3n) is 3.39. The summed E-state index contributed by atoms with van der Waals surface area (Å²) in [6, 6.07) is 2.23. The molecule has 2 rings (SSSR count). The quantitative estimate of drug-likeness (QED) is 0.876. The van der Waals surface area contributed by atoms with Crippen molar-refractivity contribution >= 4 is 5.82 Å². The maximum absolute atomic E-state index is 5.12. The molecule has 1 aliphatic heterocycles. The third kappa shape index (κ3) is 3.80. The largest absolute Gasteiger partial charge is 0.481 e. The molecule has 5 heteroatoms. The van der Waals surface area contributed by atoms with E-state index in [9.17, 15) is 0 Å². The van der Waals surface area contributed by atoms with E-state index in [1.807, 2.05) is 6.07 Å². The van der Waals surface area contributed by atoms with E-state index in [0.29, 0.717) is 11.9 Å². The third-order valence-corrected chi connectivity index (χ3v) is 3.39. The number of hydrogen-bond donors (Lipinski definition) is 2. The van der Waals surface area contributed by atoms with E-state index >= 15 is 0 Å². The van der Waals surface area contributed by atoms with Crippen LogP contribution in [0.5, 0.6) is 5.88 Å². The first-order valence-electron chi connectivity index (χ1n) is 6.72. The lowest BCUT2D eigenvalue weighted by Gasteiger charge is -2.46. The predicted octanol–water partition coefficient (Wildman–Crippen LogP) is 2.21. The van der Waals surface area contributed by atoms with E-state index in [1.165, 1.54) is 6.33 Å². The van der Waals surface area contributed by atoms with E-state index in [1.54, 1.807) is 7.11 Å². The Hall–Kier alpha value is -1.36. The van der Waals surface area contributed by atoms with Gasteiger partial charge in [0.25, 0.3) is 0 Å². The highest BCUT2D eigenvalue weighted by molar-refractivity contribution is 5.38. The molecule has 0 aliphatic carbocycles. The summed E-state index contributed by atoms with van der Waals surface area (Å²) < 4.78 is 5.12. The first-order chi connectivity index (χ1) is 8.80. The molecule has 0 spiro atoms. The van der Waals surface area contributed by atoms with E-state index in [2.05, 4.69) is 48.3 Å². The van der Waals surface area contributed by atoms with Crippen molar-refractivity contribution in [1.82, 2.24) is 15.3 Å². The van der Waals surface area contributed by atoms with Gasteiger partial charge < -0.3 is 15.4 Å². The Kier molecular flexibility index (Phi) is 3.67. The number of methoxy groups -OCH3 is 1. The molecule has 0 atom stereocenters. The van der Waals surface area contributed by atoms with E-state index in [4.69, 9.17) is 4.74 Å². The zero-order valence-electron chi connectivity index (χ0n) is 12.4. The number of rotatable bonds is 3. The molecule has 106 valence electrons. The van der Waals surface area contributed by atoms with Gasteiger partial charge in [0, 0.05) is 23.2 Å². The highest BCUT2D eigenvalue weighted by Gasteiger charge is 2.37. The Labute approximate surface area is 115 Å². The van der Waals surface area contributed by atoms with Crippen LogP contribution in [0, 0.1) is 0 Å². The summed E-state index contributed by atoms with van der Waals surface area (Å²) >= 11 is 0. The van der Waals surface area contributed by atoms with Crippen LogP contribution in [0.25, 0.3) is 0 Å². The molecule has 5 nitrogen and oxygen atoms in total. The molecule has 0 aromatic carbocycles. The summed E-state index contributed by atoms with van der Waals surface area (Å²) in [5.74, 6) is 1.41. The Balaban J connectivity index is 2.09. The summed E-state index contributed by atoms with van der Waals surface area (Å²) in [4.78, 5) is 8.28. The van der Waals surface area contributed by atoms with Crippen molar-refractivity contribution in [3.05, 3.63) is 12.4 Å². The molecular weight excluding hydrogens is 240 g/mol.